The van der Waals surface area contributed by atoms with Crippen molar-refractivity contribution < 1.29 is 13.9 Å². The van der Waals surface area contributed by atoms with E-state index in [9.17, 15) is 9.18 Å². The van der Waals surface area contributed by atoms with Gasteiger partial charge >= 0.3 is 5.97 Å². The number of aryl methyl sites for hydroxylation is 1. The Morgan fingerprint density at radius 3 is 1.88 bits per heavy atom. The second kappa shape index (κ2) is 20.6. The summed E-state index contributed by atoms with van der Waals surface area (Å²) >= 11 is 0. The number of hydrogen-bond donors (Lipinski definition) is 0. The molecular weight excluding hydrogens is 523 g/mol. The van der Waals surface area contributed by atoms with Gasteiger partial charge in [-0.25, -0.2) is 19.2 Å². The first-order valence-electron chi connectivity index (χ1n) is 17.4. The van der Waals surface area contributed by atoms with Crippen molar-refractivity contribution in [3.63, 3.8) is 0 Å². The first-order chi connectivity index (χ1) is 20.6. The SMILES string of the molecule is CCCCCCCCCCc1cnc(-c2ccc(C(=O)O[C@H]3CC[C@H](CCCCCCCCCC)CC3)c(F)c2)nc1. The minimum Gasteiger partial charge on any atom is -0.459 e. The van der Waals surface area contributed by atoms with Gasteiger partial charge in [-0.3, -0.25) is 0 Å². The Labute approximate surface area is 255 Å². The zero-order valence-electron chi connectivity index (χ0n) is 26.7. The van der Waals surface area contributed by atoms with Gasteiger partial charge in [0.05, 0.1) is 5.56 Å². The third-order valence-corrected chi connectivity index (χ3v) is 9.00. The Balaban J connectivity index is 1.34. The van der Waals surface area contributed by atoms with Crippen LogP contribution < -0.4 is 0 Å². The van der Waals surface area contributed by atoms with Crippen molar-refractivity contribution in [3.8, 4) is 11.4 Å². The van der Waals surface area contributed by atoms with Crippen LogP contribution in [0.1, 0.15) is 165 Å². The van der Waals surface area contributed by atoms with Crippen LogP contribution in [0.3, 0.4) is 0 Å². The fourth-order valence-corrected chi connectivity index (χ4v) is 6.24. The topological polar surface area (TPSA) is 52.1 Å². The molecule has 0 aliphatic heterocycles. The van der Waals surface area contributed by atoms with E-state index in [0.29, 0.717) is 11.4 Å². The summed E-state index contributed by atoms with van der Waals surface area (Å²) in [6, 6.07) is 4.58. The molecule has 1 saturated carbocycles. The molecule has 1 aromatic carbocycles. The third kappa shape index (κ3) is 12.9. The number of unbranched alkanes of at least 4 members (excludes halogenated alkanes) is 14. The fraction of sp³-hybridized carbons (Fsp3) is 0.703. The Bertz CT molecular complexity index is 1000. The molecule has 0 amide bonds. The van der Waals surface area contributed by atoms with E-state index in [2.05, 4.69) is 23.8 Å². The maximum atomic E-state index is 15.0. The highest BCUT2D eigenvalue weighted by Gasteiger charge is 2.25. The van der Waals surface area contributed by atoms with Gasteiger partial charge in [-0.05, 0) is 62.1 Å². The molecule has 0 N–H and O–H groups in total. The van der Waals surface area contributed by atoms with Gasteiger partial charge in [-0.1, -0.05) is 123 Å². The van der Waals surface area contributed by atoms with E-state index < -0.39 is 11.8 Å². The van der Waals surface area contributed by atoms with Gasteiger partial charge in [0.1, 0.15) is 11.9 Å². The Morgan fingerprint density at radius 1 is 0.762 bits per heavy atom. The number of ether oxygens (including phenoxy) is 1. The molecule has 1 heterocycles. The van der Waals surface area contributed by atoms with Gasteiger partial charge in [0.25, 0.3) is 0 Å². The van der Waals surface area contributed by atoms with Crippen LogP contribution in [0.4, 0.5) is 4.39 Å². The lowest BCUT2D eigenvalue weighted by Crippen LogP contribution is -2.25. The maximum Gasteiger partial charge on any atom is 0.341 e. The highest BCUT2D eigenvalue weighted by molar-refractivity contribution is 5.90. The normalized spacial score (nSPS) is 16.9. The van der Waals surface area contributed by atoms with Gasteiger partial charge in [0.15, 0.2) is 5.82 Å². The molecule has 1 fully saturated rings. The Kier molecular flexibility index (Phi) is 16.8. The van der Waals surface area contributed by atoms with Crippen LogP contribution in [-0.4, -0.2) is 22.0 Å². The second-order valence-corrected chi connectivity index (χ2v) is 12.6. The number of carbonyl (C=O) groups is 1. The predicted molar refractivity (Wildman–Crippen MR) is 172 cm³/mol. The van der Waals surface area contributed by atoms with E-state index >= 15 is 0 Å². The number of halogens is 1. The molecule has 42 heavy (non-hydrogen) atoms. The van der Waals surface area contributed by atoms with Gasteiger partial charge in [-0.2, -0.15) is 0 Å². The zero-order chi connectivity index (χ0) is 29.8. The predicted octanol–water partition coefficient (Wildman–Crippen LogP) is 11.2. The molecule has 0 radical (unpaired) electrons. The summed E-state index contributed by atoms with van der Waals surface area (Å²) in [4.78, 5) is 21.7. The molecule has 0 atom stereocenters. The lowest BCUT2D eigenvalue weighted by Gasteiger charge is -2.28. The van der Waals surface area contributed by atoms with E-state index in [-0.39, 0.29) is 11.7 Å². The van der Waals surface area contributed by atoms with Crippen molar-refractivity contribution in [1.82, 2.24) is 9.97 Å². The van der Waals surface area contributed by atoms with Crippen molar-refractivity contribution in [2.75, 3.05) is 0 Å². The first-order valence-corrected chi connectivity index (χ1v) is 17.4. The Morgan fingerprint density at radius 2 is 1.31 bits per heavy atom. The number of nitrogens with zero attached hydrogens (tertiary/aromatic N) is 2. The molecule has 0 spiro atoms. The highest BCUT2D eigenvalue weighted by Crippen LogP contribution is 2.31. The lowest BCUT2D eigenvalue weighted by molar-refractivity contribution is 0.0156. The van der Waals surface area contributed by atoms with Crippen molar-refractivity contribution in [1.29, 1.82) is 0 Å². The summed E-state index contributed by atoms with van der Waals surface area (Å²) in [6.45, 7) is 4.51. The first kappa shape index (κ1) is 34.2. The average Bonchev–Trinajstić information content (AvgIpc) is 3.01. The number of aromatic nitrogens is 2. The smallest absolute Gasteiger partial charge is 0.341 e. The Hall–Kier alpha value is -2.30. The van der Waals surface area contributed by atoms with Crippen LogP contribution in [0.15, 0.2) is 30.6 Å². The average molecular weight is 581 g/mol. The summed E-state index contributed by atoms with van der Waals surface area (Å²) in [7, 11) is 0. The number of carbonyl (C=O) groups excluding carboxylic acids is 1. The number of esters is 1. The molecule has 1 aliphatic rings. The highest BCUT2D eigenvalue weighted by atomic mass is 19.1. The molecule has 1 aliphatic carbocycles. The van der Waals surface area contributed by atoms with Crippen LogP contribution in [0.25, 0.3) is 11.4 Å². The molecular formula is C37H57FN2O2. The molecule has 0 bridgehead atoms. The van der Waals surface area contributed by atoms with Crippen LogP contribution in [0.5, 0.6) is 0 Å². The van der Waals surface area contributed by atoms with Crippen molar-refractivity contribution in [2.45, 2.75) is 161 Å². The number of hydrogen-bond acceptors (Lipinski definition) is 4. The molecule has 5 heteroatoms. The van der Waals surface area contributed by atoms with E-state index in [4.69, 9.17) is 4.74 Å². The summed E-state index contributed by atoms with van der Waals surface area (Å²) < 4.78 is 20.7. The zero-order valence-corrected chi connectivity index (χ0v) is 26.7. The molecule has 2 aromatic rings. The minimum absolute atomic E-state index is 0.00822. The lowest BCUT2D eigenvalue weighted by atomic mass is 9.84. The van der Waals surface area contributed by atoms with Gasteiger partial charge < -0.3 is 4.74 Å². The third-order valence-electron chi connectivity index (χ3n) is 9.00. The summed E-state index contributed by atoms with van der Waals surface area (Å²) in [5.41, 5.74) is 1.67. The van der Waals surface area contributed by atoms with Crippen molar-refractivity contribution in [3.05, 3.63) is 47.5 Å². The van der Waals surface area contributed by atoms with Crippen LogP contribution >= 0.6 is 0 Å². The minimum atomic E-state index is -0.576. The van der Waals surface area contributed by atoms with Gasteiger partial charge in [0, 0.05) is 18.0 Å². The van der Waals surface area contributed by atoms with E-state index in [1.54, 1.807) is 6.07 Å². The maximum absolute atomic E-state index is 15.0. The van der Waals surface area contributed by atoms with Gasteiger partial charge in [0.2, 0.25) is 0 Å². The van der Waals surface area contributed by atoms with Crippen molar-refractivity contribution in [2.24, 2.45) is 5.92 Å². The van der Waals surface area contributed by atoms with Gasteiger partial charge in [-0.15, -0.1) is 0 Å². The van der Waals surface area contributed by atoms with Crippen LogP contribution in [-0.2, 0) is 11.2 Å². The molecule has 0 unspecified atom stereocenters. The van der Waals surface area contributed by atoms with E-state index in [0.717, 1.165) is 50.0 Å². The second-order valence-electron chi connectivity index (χ2n) is 12.6. The standard InChI is InChI=1S/C37H57FN2O2/c1-3-5-7-9-11-13-15-17-19-30-21-24-33(25-22-30)42-37(41)34-26-23-32(27-35(34)38)36-39-28-31(29-40-36)20-18-16-14-12-10-8-6-4-2/h23,26-30,33H,3-22,24-25H2,1-2H3/t30-,33-. The van der Waals surface area contributed by atoms with E-state index in [1.165, 1.54) is 115 Å². The summed E-state index contributed by atoms with van der Waals surface area (Å²) in [5, 5.41) is 0. The summed E-state index contributed by atoms with van der Waals surface area (Å²) in [5.74, 6) is 0.0748. The van der Waals surface area contributed by atoms with Crippen molar-refractivity contribution >= 4 is 5.97 Å². The summed E-state index contributed by atoms with van der Waals surface area (Å²) in [6.07, 6.45) is 30.9. The number of benzene rings is 1. The quantitative estimate of drug-likeness (QED) is 0.109. The molecule has 1 aromatic heterocycles. The molecule has 4 nitrogen and oxygen atoms in total. The molecule has 3 rings (SSSR count). The largest absolute Gasteiger partial charge is 0.459 e. The monoisotopic (exact) mass is 580 g/mol. The van der Waals surface area contributed by atoms with Crippen LogP contribution in [0.2, 0.25) is 0 Å². The fourth-order valence-electron chi connectivity index (χ4n) is 6.24. The molecule has 234 valence electrons. The number of rotatable bonds is 21. The van der Waals surface area contributed by atoms with Crippen LogP contribution in [0, 0.1) is 11.7 Å². The van der Waals surface area contributed by atoms with E-state index in [1.807, 2.05) is 12.4 Å². The molecule has 0 saturated heterocycles.